The van der Waals surface area contributed by atoms with Crippen LogP contribution >= 0.6 is 0 Å². The lowest BCUT2D eigenvalue weighted by molar-refractivity contribution is 0.669. The first-order valence-electron chi connectivity index (χ1n) is 13.4. The number of aromatic nitrogens is 2. The Kier molecular flexibility index (Phi) is 5.16. The molecular formula is C37H21N3O. The molecule has 0 bridgehead atoms. The average Bonchev–Trinajstić information content (AvgIpc) is 3.42. The highest BCUT2D eigenvalue weighted by Gasteiger charge is 2.13. The molecule has 0 N–H and O–H groups in total. The van der Waals surface area contributed by atoms with Crippen molar-refractivity contribution in [3.8, 4) is 33.4 Å². The van der Waals surface area contributed by atoms with Gasteiger partial charge in [-0.05, 0) is 75.8 Å². The van der Waals surface area contributed by atoms with Gasteiger partial charge in [0.2, 0.25) is 0 Å². The Morgan fingerprint density at radius 1 is 0.512 bits per heavy atom. The molecule has 0 spiro atoms. The summed E-state index contributed by atoms with van der Waals surface area (Å²) in [6.45, 7) is 7.21. The van der Waals surface area contributed by atoms with E-state index in [9.17, 15) is 0 Å². The number of furan rings is 1. The van der Waals surface area contributed by atoms with Crippen LogP contribution < -0.4 is 0 Å². The molecule has 0 radical (unpaired) electrons. The zero-order chi connectivity index (χ0) is 27.3. The fraction of sp³-hybridized carbons (Fsp3) is 0. The smallest absolute Gasteiger partial charge is 0.187 e. The minimum absolute atomic E-state index is 0.640. The predicted molar refractivity (Wildman–Crippen MR) is 167 cm³/mol. The van der Waals surface area contributed by atoms with Gasteiger partial charge in [-0.1, -0.05) is 72.8 Å². The van der Waals surface area contributed by atoms with Crippen molar-refractivity contribution < 1.29 is 4.42 Å². The van der Waals surface area contributed by atoms with E-state index in [1.54, 1.807) is 0 Å². The van der Waals surface area contributed by atoms with E-state index in [0.717, 1.165) is 77.1 Å². The van der Waals surface area contributed by atoms with Gasteiger partial charge >= 0.3 is 0 Å². The maximum absolute atomic E-state index is 7.21. The van der Waals surface area contributed by atoms with Crippen molar-refractivity contribution in [1.82, 2.24) is 9.97 Å². The number of hydrogen-bond donors (Lipinski definition) is 0. The van der Waals surface area contributed by atoms with Crippen molar-refractivity contribution in [2.24, 2.45) is 0 Å². The Morgan fingerprint density at radius 2 is 1.07 bits per heavy atom. The lowest BCUT2D eigenvalue weighted by Gasteiger charge is -2.10. The van der Waals surface area contributed by atoms with E-state index >= 15 is 0 Å². The molecule has 190 valence electrons. The number of nitrogens with zero attached hydrogens (tertiary/aromatic N) is 3. The van der Waals surface area contributed by atoms with E-state index in [1.165, 1.54) is 0 Å². The standard InChI is InChI=1S/C37H21N3O/c1-38-29-14-10-24(11-15-29)27-13-17-35-33(21-27)32-20-26(12-16-34(32)41-35)23-6-8-25(9-7-23)31-22-28-4-2-18-39-36(28)37-30(31)5-3-19-40-37/h2-22H. The zero-order valence-electron chi connectivity index (χ0n) is 21.9. The van der Waals surface area contributed by atoms with Crippen molar-refractivity contribution in [3.63, 3.8) is 0 Å². The van der Waals surface area contributed by atoms with Crippen molar-refractivity contribution in [2.75, 3.05) is 0 Å². The van der Waals surface area contributed by atoms with Crippen LogP contribution in [0.15, 0.2) is 132 Å². The van der Waals surface area contributed by atoms with Crippen LogP contribution in [0.2, 0.25) is 0 Å². The van der Waals surface area contributed by atoms with Gasteiger partial charge in [0.25, 0.3) is 0 Å². The molecule has 41 heavy (non-hydrogen) atoms. The van der Waals surface area contributed by atoms with Crippen LogP contribution in [0.3, 0.4) is 0 Å². The summed E-state index contributed by atoms with van der Waals surface area (Å²) in [5.41, 5.74) is 10.9. The first-order valence-corrected chi connectivity index (χ1v) is 13.4. The van der Waals surface area contributed by atoms with Gasteiger partial charge in [0.05, 0.1) is 17.6 Å². The van der Waals surface area contributed by atoms with Crippen LogP contribution in [0, 0.1) is 6.57 Å². The quantitative estimate of drug-likeness (QED) is 0.171. The molecule has 0 saturated heterocycles. The summed E-state index contributed by atoms with van der Waals surface area (Å²) in [5, 5.41) is 4.34. The molecule has 8 aromatic rings. The molecule has 4 nitrogen and oxygen atoms in total. The van der Waals surface area contributed by atoms with Gasteiger partial charge in [-0.3, -0.25) is 9.97 Å². The summed E-state index contributed by atoms with van der Waals surface area (Å²) in [5.74, 6) is 0. The third-order valence-corrected chi connectivity index (χ3v) is 7.79. The monoisotopic (exact) mass is 523 g/mol. The number of rotatable bonds is 3. The Labute approximate surface area is 236 Å². The highest BCUT2D eigenvalue weighted by molar-refractivity contribution is 6.10. The van der Waals surface area contributed by atoms with E-state index in [1.807, 2.05) is 54.9 Å². The Morgan fingerprint density at radius 3 is 1.73 bits per heavy atom. The van der Waals surface area contributed by atoms with Crippen molar-refractivity contribution >= 4 is 49.4 Å². The SMILES string of the molecule is [C-]#[N+]c1ccc(-c2ccc3oc4ccc(-c5ccc(-c6cc7cccnc7c7ncccc67)cc5)cc4c3c2)cc1. The van der Waals surface area contributed by atoms with Crippen LogP contribution in [-0.2, 0) is 0 Å². The van der Waals surface area contributed by atoms with Crippen molar-refractivity contribution in [2.45, 2.75) is 0 Å². The third kappa shape index (κ3) is 3.83. The fourth-order valence-corrected chi connectivity index (χ4v) is 5.72. The highest BCUT2D eigenvalue weighted by atomic mass is 16.3. The second-order valence-corrected chi connectivity index (χ2v) is 10.2. The Balaban J connectivity index is 1.20. The minimum Gasteiger partial charge on any atom is -0.456 e. The average molecular weight is 524 g/mol. The number of pyridine rings is 2. The summed E-state index contributed by atoms with van der Waals surface area (Å²) in [4.78, 5) is 12.8. The third-order valence-electron chi connectivity index (χ3n) is 7.79. The van der Waals surface area contributed by atoms with Crippen LogP contribution in [-0.4, -0.2) is 9.97 Å². The normalized spacial score (nSPS) is 11.4. The molecule has 0 saturated carbocycles. The van der Waals surface area contributed by atoms with Gasteiger partial charge < -0.3 is 4.42 Å². The number of fused-ring (bicyclic) bond motifs is 6. The van der Waals surface area contributed by atoms with Crippen molar-refractivity contribution in [3.05, 3.63) is 139 Å². The van der Waals surface area contributed by atoms with E-state index in [4.69, 9.17) is 11.0 Å². The molecule has 0 amide bonds. The second kappa shape index (κ2) is 9.15. The Bertz CT molecular complexity index is 2310. The first kappa shape index (κ1) is 23.1. The summed E-state index contributed by atoms with van der Waals surface area (Å²) in [7, 11) is 0. The van der Waals surface area contributed by atoms with Gasteiger partial charge in [-0.2, -0.15) is 0 Å². The van der Waals surface area contributed by atoms with E-state index in [0.29, 0.717) is 5.69 Å². The molecule has 3 heterocycles. The Hall–Kier alpha value is -5.79. The molecule has 4 heteroatoms. The van der Waals surface area contributed by atoms with E-state index in [2.05, 4.69) is 87.6 Å². The van der Waals surface area contributed by atoms with Gasteiger partial charge in [0, 0.05) is 33.9 Å². The molecule has 5 aromatic carbocycles. The minimum atomic E-state index is 0.640. The summed E-state index contributed by atoms with van der Waals surface area (Å²) < 4.78 is 6.17. The topological polar surface area (TPSA) is 43.3 Å². The zero-order valence-corrected chi connectivity index (χ0v) is 21.9. The van der Waals surface area contributed by atoms with Gasteiger partial charge in [0.1, 0.15) is 11.2 Å². The van der Waals surface area contributed by atoms with Gasteiger partial charge in [-0.25, -0.2) is 4.85 Å². The lowest BCUT2D eigenvalue weighted by atomic mass is 9.95. The molecule has 0 aliphatic carbocycles. The van der Waals surface area contributed by atoms with E-state index in [-0.39, 0.29) is 0 Å². The molecule has 8 rings (SSSR count). The van der Waals surface area contributed by atoms with Crippen LogP contribution in [0.4, 0.5) is 5.69 Å². The highest BCUT2D eigenvalue weighted by Crippen LogP contribution is 2.37. The van der Waals surface area contributed by atoms with Crippen molar-refractivity contribution in [1.29, 1.82) is 0 Å². The van der Waals surface area contributed by atoms with Crippen LogP contribution in [0.1, 0.15) is 0 Å². The van der Waals surface area contributed by atoms with Gasteiger partial charge in [0.15, 0.2) is 5.69 Å². The first-order chi connectivity index (χ1) is 20.2. The largest absolute Gasteiger partial charge is 0.456 e. The summed E-state index contributed by atoms with van der Waals surface area (Å²) >= 11 is 0. The molecule has 0 aliphatic heterocycles. The molecule has 0 atom stereocenters. The predicted octanol–water partition coefficient (Wildman–Crippen LogP) is 10.2. The van der Waals surface area contributed by atoms with Crippen LogP contribution in [0.25, 0.3) is 82.0 Å². The summed E-state index contributed by atoms with van der Waals surface area (Å²) in [6, 6.07) is 39.4. The molecule has 0 fully saturated rings. The summed E-state index contributed by atoms with van der Waals surface area (Å²) in [6.07, 6.45) is 3.65. The van der Waals surface area contributed by atoms with Crippen LogP contribution in [0.5, 0.6) is 0 Å². The second-order valence-electron chi connectivity index (χ2n) is 10.2. The molecule has 0 unspecified atom stereocenters. The van der Waals surface area contributed by atoms with E-state index < -0.39 is 0 Å². The maximum Gasteiger partial charge on any atom is 0.187 e. The fourth-order valence-electron chi connectivity index (χ4n) is 5.72. The number of hydrogen-bond acceptors (Lipinski definition) is 3. The number of benzene rings is 5. The van der Waals surface area contributed by atoms with Gasteiger partial charge in [-0.15, -0.1) is 0 Å². The molecule has 3 aromatic heterocycles. The molecule has 0 aliphatic rings. The maximum atomic E-state index is 7.21. The molecular weight excluding hydrogens is 502 g/mol. The lowest BCUT2D eigenvalue weighted by Crippen LogP contribution is -1.89.